The van der Waals surface area contributed by atoms with E-state index >= 15 is 0 Å². The summed E-state index contributed by atoms with van der Waals surface area (Å²) in [6.07, 6.45) is 5.61. The van der Waals surface area contributed by atoms with Crippen molar-refractivity contribution in [2.75, 3.05) is 13.1 Å². The van der Waals surface area contributed by atoms with Gasteiger partial charge in [0.2, 0.25) is 0 Å². The molecule has 6 heteroatoms. The molecule has 1 amide bonds. The van der Waals surface area contributed by atoms with Gasteiger partial charge in [0.1, 0.15) is 0 Å². The Morgan fingerprint density at radius 2 is 1.67 bits per heavy atom. The van der Waals surface area contributed by atoms with Crippen molar-refractivity contribution in [1.82, 2.24) is 4.90 Å². The van der Waals surface area contributed by atoms with E-state index in [-0.39, 0.29) is 10.8 Å². The van der Waals surface area contributed by atoms with Gasteiger partial charge in [0.15, 0.2) is 0 Å². The zero-order valence-corrected chi connectivity index (χ0v) is 13.7. The lowest BCUT2D eigenvalue weighted by atomic mass is 10.0. The lowest BCUT2D eigenvalue weighted by Crippen LogP contribution is -2.34. The van der Waals surface area contributed by atoms with Crippen LogP contribution in [0.25, 0.3) is 0 Å². The van der Waals surface area contributed by atoms with Crippen LogP contribution in [0, 0.1) is 6.92 Å². The highest BCUT2D eigenvalue weighted by Gasteiger charge is 2.20. The van der Waals surface area contributed by atoms with Crippen molar-refractivity contribution < 1.29 is 13.2 Å². The van der Waals surface area contributed by atoms with Crippen LogP contribution in [0.15, 0.2) is 23.1 Å². The topological polar surface area (TPSA) is 54.5 Å². The van der Waals surface area contributed by atoms with Gasteiger partial charge in [0.25, 0.3) is 15.0 Å². The highest BCUT2D eigenvalue weighted by atomic mass is 35.7. The van der Waals surface area contributed by atoms with Crippen LogP contribution in [-0.4, -0.2) is 32.3 Å². The molecule has 1 heterocycles. The Balaban J connectivity index is 2.22. The van der Waals surface area contributed by atoms with Crippen molar-refractivity contribution in [3.05, 3.63) is 29.3 Å². The number of aryl methyl sites for hydroxylation is 1. The zero-order chi connectivity index (χ0) is 15.5. The van der Waals surface area contributed by atoms with Crippen molar-refractivity contribution in [2.24, 2.45) is 0 Å². The predicted molar refractivity (Wildman–Crippen MR) is 83.2 cm³/mol. The summed E-state index contributed by atoms with van der Waals surface area (Å²) in [5, 5.41) is 0. The van der Waals surface area contributed by atoms with Crippen molar-refractivity contribution in [3.63, 3.8) is 0 Å². The van der Waals surface area contributed by atoms with E-state index in [9.17, 15) is 13.2 Å². The number of hydrogen-bond acceptors (Lipinski definition) is 3. The molecule has 1 aliphatic heterocycles. The molecule has 0 bridgehead atoms. The lowest BCUT2D eigenvalue weighted by molar-refractivity contribution is 0.0741. The van der Waals surface area contributed by atoms with Crippen LogP contribution in [0.2, 0.25) is 0 Å². The van der Waals surface area contributed by atoms with Crippen molar-refractivity contribution in [3.8, 4) is 0 Å². The minimum atomic E-state index is -3.76. The monoisotopic (exact) mass is 329 g/mol. The Labute approximate surface area is 130 Å². The van der Waals surface area contributed by atoms with Gasteiger partial charge in [0, 0.05) is 29.3 Å². The summed E-state index contributed by atoms with van der Waals surface area (Å²) in [4.78, 5) is 14.5. The van der Waals surface area contributed by atoms with Crippen molar-refractivity contribution in [1.29, 1.82) is 0 Å². The molecule has 1 fully saturated rings. The van der Waals surface area contributed by atoms with E-state index in [1.807, 2.05) is 4.90 Å². The van der Waals surface area contributed by atoms with Gasteiger partial charge in [-0.3, -0.25) is 4.79 Å². The molecule has 0 aromatic heterocycles. The number of hydrogen-bond donors (Lipinski definition) is 0. The minimum absolute atomic E-state index is 0.0204. The van der Waals surface area contributed by atoms with Crippen LogP contribution >= 0.6 is 10.7 Å². The number of halogens is 1. The Bertz CT molecular complexity index is 620. The second kappa shape index (κ2) is 6.79. The third-order valence-electron chi connectivity index (χ3n) is 3.85. The van der Waals surface area contributed by atoms with E-state index in [0.29, 0.717) is 11.1 Å². The van der Waals surface area contributed by atoms with Crippen LogP contribution in [0.1, 0.15) is 48.0 Å². The number of carbonyl (C=O) groups excluding carboxylic acids is 1. The molecule has 0 unspecified atom stereocenters. The van der Waals surface area contributed by atoms with Crippen LogP contribution in [-0.2, 0) is 9.05 Å². The number of carbonyl (C=O) groups is 1. The van der Waals surface area contributed by atoms with Gasteiger partial charge in [-0.25, -0.2) is 8.42 Å². The fourth-order valence-electron chi connectivity index (χ4n) is 2.65. The number of amides is 1. The third kappa shape index (κ3) is 4.20. The Kier molecular flexibility index (Phi) is 5.27. The van der Waals surface area contributed by atoms with E-state index in [0.717, 1.165) is 38.8 Å². The van der Waals surface area contributed by atoms with Crippen LogP contribution in [0.4, 0.5) is 0 Å². The summed E-state index contributed by atoms with van der Waals surface area (Å²) in [7, 11) is 1.57. The van der Waals surface area contributed by atoms with Crippen LogP contribution in [0.3, 0.4) is 0 Å². The Morgan fingerprint density at radius 3 is 2.19 bits per heavy atom. The first-order valence-electron chi connectivity index (χ1n) is 7.24. The summed E-state index contributed by atoms with van der Waals surface area (Å²) in [6, 6.07) is 4.41. The molecule has 0 atom stereocenters. The zero-order valence-electron chi connectivity index (χ0n) is 12.1. The van der Waals surface area contributed by atoms with E-state index < -0.39 is 9.05 Å². The minimum Gasteiger partial charge on any atom is -0.339 e. The standard InChI is InChI=1S/C15H20ClNO3S/c1-12-11-13(21(16,19)20)7-8-14(12)15(18)17-9-5-3-2-4-6-10-17/h7-8,11H,2-6,9-10H2,1H3. The molecule has 2 rings (SSSR count). The molecule has 21 heavy (non-hydrogen) atoms. The molecule has 4 nitrogen and oxygen atoms in total. The first-order valence-corrected chi connectivity index (χ1v) is 9.55. The average Bonchev–Trinajstić information content (AvgIpc) is 2.36. The van der Waals surface area contributed by atoms with E-state index in [4.69, 9.17) is 10.7 Å². The molecule has 0 spiro atoms. The fraction of sp³-hybridized carbons (Fsp3) is 0.533. The molecule has 1 aromatic rings. The Morgan fingerprint density at radius 1 is 1.10 bits per heavy atom. The van der Waals surface area contributed by atoms with E-state index in [1.165, 1.54) is 18.6 Å². The van der Waals surface area contributed by atoms with Crippen LogP contribution in [0.5, 0.6) is 0 Å². The summed E-state index contributed by atoms with van der Waals surface area (Å²) in [6.45, 7) is 3.28. The summed E-state index contributed by atoms with van der Waals surface area (Å²) in [5.74, 6) is -0.0204. The molecule has 0 radical (unpaired) electrons. The average molecular weight is 330 g/mol. The molecular weight excluding hydrogens is 310 g/mol. The van der Waals surface area contributed by atoms with Crippen LogP contribution < -0.4 is 0 Å². The first kappa shape index (κ1) is 16.3. The number of likely N-dealkylation sites (tertiary alicyclic amines) is 1. The molecule has 1 aliphatic rings. The predicted octanol–water partition coefficient (Wildman–Crippen LogP) is 3.33. The molecular formula is C15H20ClNO3S. The molecule has 0 aliphatic carbocycles. The number of rotatable bonds is 2. The lowest BCUT2D eigenvalue weighted by Gasteiger charge is -2.25. The normalized spacial score (nSPS) is 17.1. The van der Waals surface area contributed by atoms with E-state index in [2.05, 4.69) is 0 Å². The van der Waals surface area contributed by atoms with Gasteiger partial charge in [-0.05, 0) is 43.5 Å². The first-order chi connectivity index (χ1) is 9.89. The second-order valence-electron chi connectivity index (χ2n) is 5.47. The highest BCUT2D eigenvalue weighted by Crippen LogP contribution is 2.21. The summed E-state index contributed by atoms with van der Waals surface area (Å²) < 4.78 is 22.6. The van der Waals surface area contributed by atoms with Gasteiger partial charge in [-0.2, -0.15) is 0 Å². The Hall–Kier alpha value is -1.07. The van der Waals surface area contributed by atoms with Gasteiger partial charge in [-0.1, -0.05) is 19.3 Å². The molecule has 0 N–H and O–H groups in total. The molecule has 116 valence electrons. The van der Waals surface area contributed by atoms with E-state index in [1.54, 1.807) is 13.0 Å². The molecule has 0 saturated carbocycles. The smallest absolute Gasteiger partial charge is 0.261 e. The van der Waals surface area contributed by atoms with Crippen molar-refractivity contribution in [2.45, 2.75) is 43.9 Å². The molecule has 1 saturated heterocycles. The second-order valence-corrected chi connectivity index (χ2v) is 8.04. The summed E-state index contributed by atoms with van der Waals surface area (Å²) in [5.41, 5.74) is 1.20. The quantitative estimate of drug-likeness (QED) is 0.782. The van der Waals surface area contributed by atoms with Gasteiger partial charge >= 0.3 is 0 Å². The fourth-order valence-corrected chi connectivity index (χ4v) is 3.48. The molecule has 1 aromatic carbocycles. The summed E-state index contributed by atoms with van der Waals surface area (Å²) >= 11 is 0. The SMILES string of the molecule is Cc1cc(S(=O)(=O)Cl)ccc1C(=O)N1CCCCCCC1. The number of nitrogens with zero attached hydrogens (tertiary/aromatic N) is 1. The maximum absolute atomic E-state index is 12.6. The largest absolute Gasteiger partial charge is 0.339 e. The number of benzene rings is 1. The van der Waals surface area contributed by atoms with Gasteiger partial charge in [0.05, 0.1) is 4.90 Å². The van der Waals surface area contributed by atoms with Gasteiger partial charge < -0.3 is 4.90 Å². The van der Waals surface area contributed by atoms with Gasteiger partial charge in [-0.15, -0.1) is 0 Å². The maximum Gasteiger partial charge on any atom is 0.261 e. The van der Waals surface area contributed by atoms with Crippen molar-refractivity contribution >= 4 is 25.6 Å². The third-order valence-corrected chi connectivity index (χ3v) is 5.20. The highest BCUT2D eigenvalue weighted by molar-refractivity contribution is 8.13. The maximum atomic E-state index is 12.6.